The molecule has 18 heavy (non-hydrogen) atoms. The number of hydrogen-bond donors (Lipinski definition) is 2. The minimum atomic E-state index is -0.135. The highest BCUT2D eigenvalue weighted by Gasteiger charge is 2.27. The highest BCUT2D eigenvalue weighted by molar-refractivity contribution is 5.92. The van der Waals surface area contributed by atoms with Gasteiger partial charge in [0.05, 0.1) is 13.0 Å². The Labute approximate surface area is 106 Å². The van der Waals surface area contributed by atoms with Crippen LogP contribution in [0.4, 0.5) is 0 Å². The fourth-order valence-electron chi connectivity index (χ4n) is 2.37. The Morgan fingerprint density at radius 2 is 2.06 bits per heavy atom. The lowest BCUT2D eigenvalue weighted by atomic mass is 9.86. The van der Waals surface area contributed by atoms with Crippen LogP contribution in [0.1, 0.15) is 36.2 Å². The van der Waals surface area contributed by atoms with Gasteiger partial charge in [-0.15, -0.1) is 0 Å². The monoisotopic (exact) mass is 250 g/mol. The number of methoxy groups -OCH3 is 1. The van der Waals surface area contributed by atoms with Gasteiger partial charge in [0.25, 0.3) is 5.91 Å². The Morgan fingerprint density at radius 3 is 2.61 bits per heavy atom. The highest BCUT2D eigenvalue weighted by atomic mass is 16.5. The molecule has 1 heterocycles. The van der Waals surface area contributed by atoms with Crippen LogP contribution in [0.5, 0.6) is 0 Å². The summed E-state index contributed by atoms with van der Waals surface area (Å²) >= 11 is 0. The number of ether oxygens (including phenoxy) is 1. The number of aromatic amines is 1. The third-order valence-corrected chi connectivity index (χ3v) is 3.44. The van der Waals surface area contributed by atoms with Crippen molar-refractivity contribution >= 4 is 11.9 Å². The first-order valence-corrected chi connectivity index (χ1v) is 6.22. The largest absolute Gasteiger partial charge is 0.469 e. The third kappa shape index (κ3) is 2.91. The Bertz CT molecular complexity index is 406. The maximum absolute atomic E-state index is 11.8. The van der Waals surface area contributed by atoms with Gasteiger partial charge in [-0.3, -0.25) is 9.59 Å². The van der Waals surface area contributed by atoms with Crippen molar-refractivity contribution in [3.8, 4) is 0 Å². The van der Waals surface area contributed by atoms with Crippen LogP contribution in [0, 0.1) is 5.92 Å². The van der Waals surface area contributed by atoms with E-state index in [2.05, 4.69) is 10.3 Å². The molecule has 0 spiro atoms. The maximum Gasteiger partial charge on any atom is 0.308 e. The molecule has 0 bridgehead atoms. The molecule has 5 heteroatoms. The molecule has 1 amide bonds. The van der Waals surface area contributed by atoms with Crippen LogP contribution in [0.2, 0.25) is 0 Å². The van der Waals surface area contributed by atoms with Crippen molar-refractivity contribution in [1.82, 2.24) is 10.3 Å². The van der Waals surface area contributed by atoms with Crippen molar-refractivity contribution in [1.29, 1.82) is 0 Å². The molecule has 0 saturated heterocycles. The summed E-state index contributed by atoms with van der Waals surface area (Å²) in [6.07, 6.45) is 4.94. The van der Waals surface area contributed by atoms with Gasteiger partial charge in [0, 0.05) is 12.2 Å². The number of esters is 1. The van der Waals surface area contributed by atoms with E-state index in [4.69, 9.17) is 4.74 Å². The fraction of sp³-hybridized carbons (Fsp3) is 0.538. The van der Waals surface area contributed by atoms with E-state index in [1.807, 2.05) is 0 Å². The van der Waals surface area contributed by atoms with E-state index in [1.165, 1.54) is 7.11 Å². The molecule has 98 valence electrons. The molecular weight excluding hydrogens is 232 g/mol. The van der Waals surface area contributed by atoms with E-state index in [-0.39, 0.29) is 23.8 Å². The summed E-state index contributed by atoms with van der Waals surface area (Å²) in [5.74, 6) is -0.223. The molecule has 5 nitrogen and oxygen atoms in total. The van der Waals surface area contributed by atoms with Crippen LogP contribution < -0.4 is 5.32 Å². The molecule has 1 aliphatic rings. The number of aromatic nitrogens is 1. The van der Waals surface area contributed by atoms with Crippen molar-refractivity contribution in [2.24, 2.45) is 5.92 Å². The van der Waals surface area contributed by atoms with Gasteiger partial charge in [-0.2, -0.15) is 0 Å². The molecule has 2 N–H and O–H groups in total. The smallest absolute Gasteiger partial charge is 0.308 e. The predicted octanol–water partition coefficient (Wildman–Crippen LogP) is 1.48. The lowest BCUT2D eigenvalue weighted by molar-refractivity contribution is -0.146. The van der Waals surface area contributed by atoms with Gasteiger partial charge >= 0.3 is 5.97 Å². The molecule has 1 aromatic heterocycles. The van der Waals surface area contributed by atoms with Crippen molar-refractivity contribution in [2.45, 2.75) is 31.7 Å². The van der Waals surface area contributed by atoms with E-state index in [0.717, 1.165) is 25.7 Å². The quantitative estimate of drug-likeness (QED) is 0.798. The Kier molecular flexibility index (Phi) is 4.02. The lowest BCUT2D eigenvalue weighted by Gasteiger charge is -2.27. The summed E-state index contributed by atoms with van der Waals surface area (Å²) in [6.45, 7) is 0. The lowest BCUT2D eigenvalue weighted by Crippen LogP contribution is -2.39. The summed E-state index contributed by atoms with van der Waals surface area (Å²) in [5.41, 5.74) is 0.574. The maximum atomic E-state index is 11.8. The number of nitrogens with one attached hydrogen (secondary N) is 2. The molecule has 0 aromatic carbocycles. The Morgan fingerprint density at radius 1 is 1.33 bits per heavy atom. The summed E-state index contributed by atoms with van der Waals surface area (Å²) in [6, 6.07) is 3.69. The molecule has 1 aliphatic carbocycles. The topological polar surface area (TPSA) is 71.2 Å². The highest BCUT2D eigenvalue weighted by Crippen LogP contribution is 2.25. The van der Waals surface area contributed by atoms with Crippen LogP contribution in [0.25, 0.3) is 0 Å². The van der Waals surface area contributed by atoms with Gasteiger partial charge in [0.15, 0.2) is 0 Å². The zero-order valence-electron chi connectivity index (χ0n) is 10.4. The van der Waals surface area contributed by atoms with Crippen LogP contribution >= 0.6 is 0 Å². The van der Waals surface area contributed by atoms with Gasteiger partial charge < -0.3 is 15.0 Å². The summed E-state index contributed by atoms with van der Waals surface area (Å²) in [4.78, 5) is 26.1. The Hall–Kier alpha value is -1.78. The van der Waals surface area contributed by atoms with Crippen molar-refractivity contribution in [3.05, 3.63) is 24.0 Å². The molecule has 1 saturated carbocycles. The van der Waals surface area contributed by atoms with E-state index < -0.39 is 0 Å². The first-order valence-electron chi connectivity index (χ1n) is 6.22. The van der Waals surface area contributed by atoms with Crippen molar-refractivity contribution < 1.29 is 14.3 Å². The first-order chi connectivity index (χ1) is 8.70. The zero-order valence-corrected chi connectivity index (χ0v) is 10.4. The van der Waals surface area contributed by atoms with Crippen molar-refractivity contribution in [3.63, 3.8) is 0 Å². The molecule has 0 aliphatic heterocycles. The molecule has 0 unspecified atom stereocenters. The van der Waals surface area contributed by atoms with E-state index in [0.29, 0.717) is 5.69 Å². The number of hydrogen-bond acceptors (Lipinski definition) is 3. The van der Waals surface area contributed by atoms with Gasteiger partial charge in [-0.25, -0.2) is 0 Å². The molecular formula is C13H18N2O3. The van der Waals surface area contributed by atoms with E-state index >= 15 is 0 Å². The van der Waals surface area contributed by atoms with Crippen molar-refractivity contribution in [2.75, 3.05) is 7.11 Å². The fourth-order valence-corrected chi connectivity index (χ4v) is 2.37. The predicted molar refractivity (Wildman–Crippen MR) is 66.0 cm³/mol. The summed E-state index contributed by atoms with van der Waals surface area (Å²) in [7, 11) is 1.42. The van der Waals surface area contributed by atoms with Gasteiger partial charge in [-0.1, -0.05) is 0 Å². The molecule has 0 atom stereocenters. The Balaban J connectivity index is 1.80. The first kappa shape index (κ1) is 12.7. The van der Waals surface area contributed by atoms with Gasteiger partial charge in [0.1, 0.15) is 5.69 Å². The second-order valence-electron chi connectivity index (χ2n) is 4.63. The second-order valence-corrected chi connectivity index (χ2v) is 4.63. The molecule has 1 fully saturated rings. The summed E-state index contributed by atoms with van der Waals surface area (Å²) < 4.78 is 4.73. The molecule has 1 aromatic rings. The normalized spacial score (nSPS) is 23.4. The molecule has 0 radical (unpaired) electrons. The van der Waals surface area contributed by atoms with Crippen LogP contribution in [0.3, 0.4) is 0 Å². The third-order valence-electron chi connectivity index (χ3n) is 3.44. The average molecular weight is 250 g/mol. The van der Waals surface area contributed by atoms with E-state index in [1.54, 1.807) is 18.3 Å². The minimum Gasteiger partial charge on any atom is -0.469 e. The number of carbonyl (C=O) groups is 2. The standard InChI is InChI=1S/C13H18N2O3/c1-18-13(17)9-4-6-10(7-5-9)15-12(16)11-3-2-8-14-11/h2-3,8-10,14H,4-7H2,1H3,(H,15,16). The zero-order chi connectivity index (χ0) is 13.0. The second kappa shape index (κ2) is 5.71. The van der Waals surface area contributed by atoms with Gasteiger partial charge in [0.2, 0.25) is 0 Å². The minimum absolute atomic E-state index is 0.00589. The van der Waals surface area contributed by atoms with Crippen LogP contribution in [0.15, 0.2) is 18.3 Å². The number of carbonyl (C=O) groups excluding carboxylic acids is 2. The SMILES string of the molecule is COC(=O)C1CCC(NC(=O)c2ccc[nH]2)CC1. The van der Waals surface area contributed by atoms with E-state index in [9.17, 15) is 9.59 Å². The summed E-state index contributed by atoms with van der Waals surface area (Å²) in [5, 5.41) is 2.98. The van der Waals surface area contributed by atoms with Crippen LogP contribution in [-0.2, 0) is 9.53 Å². The van der Waals surface area contributed by atoms with Gasteiger partial charge in [-0.05, 0) is 37.8 Å². The van der Waals surface area contributed by atoms with Crippen LogP contribution in [-0.4, -0.2) is 30.0 Å². The average Bonchev–Trinajstić information content (AvgIpc) is 2.92. The number of H-pyrrole nitrogens is 1. The molecule has 2 rings (SSSR count). The number of amides is 1. The number of rotatable bonds is 3.